The van der Waals surface area contributed by atoms with Crippen molar-refractivity contribution in [1.82, 2.24) is 4.98 Å². The van der Waals surface area contributed by atoms with E-state index in [9.17, 15) is 0 Å². The Bertz CT molecular complexity index is 2630. The molecule has 2 nitrogen and oxygen atoms in total. The molecular weight excluding hydrogens is 641 g/mol. The van der Waals surface area contributed by atoms with Crippen LogP contribution in [0.15, 0.2) is 219 Å². The van der Waals surface area contributed by atoms with E-state index in [1.165, 1.54) is 55.3 Å². The molecule has 0 saturated carbocycles. The number of anilines is 3. The fourth-order valence-electron chi connectivity index (χ4n) is 7.46. The number of nitrogens with zero attached hydrogens (tertiary/aromatic N) is 2. The Kier molecular flexibility index (Phi) is 8.61. The van der Waals surface area contributed by atoms with Crippen LogP contribution in [0.4, 0.5) is 17.1 Å². The molecule has 0 atom stereocenters. The first-order chi connectivity index (χ1) is 26.3. The second-order valence-corrected chi connectivity index (χ2v) is 13.1. The summed E-state index contributed by atoms with van der Waals surface area (Å²) in [7, 11) is 0. The minimum atomic E-state index is 0.982. The summed E-state index contributed by atoms with van der Waals surface area (Å²) in [6, 6.07) is 75.7. The van der Waals surface area contributed by atoms with Gasteiger partial charge in [0, 0.05) is 28.8 Å². The van der Waals surface area contributed by atoms with E-state index in [1.54, 1.807) is 0 Å². The van der Waals surface area contributed by atoms with E-state index in [2.05, 4.69) is 210 Å². The summed E-state index contributed by atoms with van der Waals surface area (Å²) in [5, 5.41) is 2.41. The van der Waals surface area contributed by atoms with Crippen LogP contribution < -0.4 is 4.90 Å². The molecule has 0 saturated heterocycles. The Hall–Kier alpha value is -7.03. The average Bonchev–Trinajstić information content (AvgIpc) is 3.25. The van der Waals surface area contributed by atoms with Gasteiger partial charge in [-0.3, -0.25) is 4.98 Å². The van der Waals surface area contributed by atoms with E-state index < -0.39 is 0 Å². The van der Waals surface area contributed by atoms with Gasteiger partial charge in [0.25, 0.3) is 0 Å². The quantitative estimate of drug-likeness (QED) is 0.159. The predicted octanol–water partition coefficient (Wildman–Crippen LogP) is 14.0. The smallest absolute Gasteiger partial charge is 0.0708 e. The first-order valence-corrected chi connectivity index (χ1v) is 18.0. The lowest BCUT2D eigenvalue weighted by Gasteiger charge is -2.26. The summed E-state index contributed by atoms with van der Waals surface area (Å²) in [5.74, 6) is 0. The van der Waals surface area contributed by atoms with Gasteiger partial charge in [-0.2, -0.15) is 0 Å². The van der Waals surface area contributed by atoms with Crippen molar-refractivity contribution in [3.63, 3.8) is 0 Å². The molecule has 0 amide bonds. The van der Waals surface area contributed by atoms with Crippen LogP contribution in [0.1, 0.15) is 0 Å². The third kappa shape index (κ3) is 6.28. The van der Waals surface area contributed by atoms with Crippen molar-refractivity contribution < 1.29 is 0 Å². The summed E-state index contributed by atoms with van der Waals surface area (Å²) in [6.45, 7) is 0. The van der Waals surface area contributed by atoms with Gasteiger partial charge >= 0.3 is 0 Å². The number of hydrogen-bond donors (Lipinski definition) is 0. The molecular formula is C51H36N2. The van der Waals surface area contributed by atoms with Crippen LogP contribution in [-0.2, 0) is 0 Å². The number of para-hydroxylation sites is 1. The van der Waals surface area contributed by atoms with Crippen LogP contribution in [-0.4, -0.2) is 4.98 Å². The molecule has 0 aliphatic rings. The average molecular weight is 677 g/mol. The highest BCUT2D eigenvalue weighted by molar-refractivity contribution is 6.04. The third-order valence-electron chi connectivity index (χ3n) is 9.98. The van der Waals surface area contributed by atoms with E-state index in [0.29, 0.717) is 0 Å². The lowest BCUT2D eigenvalue weighted by Crippen LogP contribution is -2.09. The largest absolute Gasteiger partial charge is 0.311 e. The Morgan fingerprint density at radius 3 is 1.25 bits per heavy atom. The van der Waals surface area contributed by atoms with Crippen molar-refractivity contribution in [3.05, 3.63) is 219 Å². The summed E-state index contributed by atoms with van der Waals surface area (Å²) >= 11 is 0. The van der Waals surface area contributed by atoms with Crippen LogP contribution >= 0.6 is 0 Å². The Labute approximate surface area is 310 Å². The standard InChI is InChI=1S/C51H36N2/c1-3-15-37(16-4-1)43-19-7-9-21-46(43)47-22-10-8-20-44(47)38-26-30-41(31-27-38)53(40-17-5-2-6-18-40)42-32-28-39(29-33-42)45-34-35-50(51-25-13-14-36-52-51)49-24-12-11-23-48(45)49/h1-36H. The van der Waals surface area contributed by atoms with Crippen molar-refractivity contribution in [1.29, 1.82) is 0 Å². The van der Waals surface area contributed by atoms with Crippen molar-refractivity contribution in [2.24, 2.45) is 0 Å². The molecule has 0 aliphatic heterocycles. The fourth-order valence-corrected chi connectivity index (χ4v) is 7.46. The molecule has 0 radical (unpaired) electrons. The normalized spacial score (nSPS) is 11.0. The fraction of sp³-hybridized carbons (Fsp3) is 0. The molecule has 0 bridgehead atoms. The zero-order valence-electron chi connectivity index (χ0n) is 29.2. The van der Waals surface area contributed by atoms with Crippen molar-refractivity contribution in [3.8, 4) is 55.8 Å². The number of aromatic nitrogens is 1. The van der Waals surface area contributed by atoms with E-state index in [1.807, 2.05) is 18.3 Å². The second-order valence-electron chi connectivity index (χ2n) is 13.1. The minimum absolute atomic E-state index is 0.982. The summed E-state index contributed by atoms with van der Waals surface area (Å²) < 4.78 is 0. The summed E-state index contributed by atoms with van der Waals surface area (Å²) in [5.41, 5.74) is 15.1. The van der Waals surface area contributed by atoms with Gasteiger partial charge in [-0.15, -0.1) is 0 Å². The molecule has 1 heterocycles. The van der Waals surface area contributed by atoms with Crippen LogP contribution in [0.25, 0.3) is 66.5 Å². The highest BCUT2D eigenvalue weighted by atomic mass is 15.1. The van der Waals surface area contributed by atoms with Crippen LogP contribution in [0, 0.1) is 0 Å². The SMILES string of the molecule is c1ccc(-c2ccccc2-c2ccccc2-c2ccc(N(c3ccccc3)c3ccc(-c4ccc(-c5ccccn5)c5ccccc45)cc3)cc2)cc1. The van der Waals surface area contributed by atoms with Crippen molar-refractivity contribution in [2.75, 3.05) is 4.90 Å². The van der Waals surface area contributed by atoms with E-state index in [4.69, 9.17) is 0 Å². The van der Waals surface area contributed by atoms with E-state index in [-0.39, 0.29) is 0 Å². The van der Waals surface area contributed by atoms with Gasteiger partial charge in [-0.05, 0) is 104 Å². The zero-order chi connectivity index (χ0) is 35.4. The molecule has 1 aromatic heterocycles. The lowest BCUT2D eigenvalue weighted by atomic mass is 9.89. The van der Waals surface area contributed by atoms with E-state index in [0.717, 1.165) is 28.3 Å². The summed E-state index contributed by atoms with van der Waals surface area (Å²) in [4.78, 5) is 6.97. The first-order valence-electron chi connectivity index (χ1n) is 18.0. The van der Waals surface area contributed by atoms with Gasteiger partial charge in [0.05, 0.1) is 5.69 Å². The molecule has 0 aliphatic carbocycles. The van der Waals surface area contributed by atoms with Gasteiger partial charge in [0.15, 0.2) is 0 Å². The van der Waals surface area contributed by atoms with E-state index >= 15 is 0 Å². The number of rotatable bonds is 8. The monoisotopic (exact) mass is 676 g/mol. The van der Waals surface area contributed by atoms with Crippen molar-refractivity contribution in [2.45, 2.75) is 0 Å². The number of fused-ring (bicyclic) bond motifs is 1. The van der Waals surface area contributed by atoms with Gasteiger partial charge in [-0.25, -0.2) is 0 Å². The molecule has 9 aromatic rings. The molecule has 9 rings (SSSR count). The first kappa shape index (κ1) is 31.9. The van der Waals surface area contributed by atoms with Gasteiger partial charge in [0.2, 0.25) is 0 Å². The molecule has 0 unspecified atom stereocenters. The zero-order valence-corrected chi connectivity index (χ0v) is 29.2. The minimum Gasteiger partial charge on any atom is -0.311 e. The molecule has 0 spiro atoms. The Morgan fingerprint density at radius 1 is 0.264 bits per heavy atom. The van der Waals surface area contributed by atoms with Crippen molar-refractivity contribution >= 4 is 27.8 Å². The highest BCUT2D eigenvalue weighted by Gasteiger charge is 2.16. The Morgan fingerprint density at radius 2 is 0.679 bits per heavy atom. The molecule has 0 fully saturated rings. The number of benzene rings is 8. The molecule has 53 heavy (non-hydrogen) atoms. The van der Waals surface area contributed by atoms with Gasteiger partial charge in [-0.1, -0.05) is 164 Å². The maximum Gasteiger partial charge on any atom is 0.0708 e. The topological polar surface area (TPSA) is 16.1 Å². The van der Waals surface area contributed by atoms with Crippen LogP contribution in [0.3, 0.4) is 0 Å². The van der Waals surface area contributed by atoms with Gasteiger partial charge in [0.1, 0.15) is 0 Å². The maximum atomic E-state index is 4.64. The number of pyridine rings is 1. The molecule has 8 aromatic carbocycles. The predicted molar refractivity (Wildman–Crippen MR) is 224 cm³/mol. The maximum absolute atomic E-state index is 4.64. The molecule has 250 valence electrons. The number of hydrogen-bond acceptors (Lipinski definition) is 2. The van der Waals surface area contributed by atoms with Crippen LogP contribution in [0.2, 0.25) is 0 Å². The van der Waals surface area contributed by atoms with Gasteiger partial charge < -0.3 is 4.90 Å². The lowest BCUT2D eigenvalue weighted by molar-refractivity contribution is 1.28. The molecule has 0 N–H and O–H groups in total. The summed E-state index contributed by atoms with van der Waals surface area (Å²) in [6.07, 6.45) is 1.86. The molecule has 2 heteroatoms. The second kappa shape index (κ2) is 14.3. The van der Waals surface area contributed by atoms with Crippen LogP contribution in [0.5, 0.6) is 0 Å². The highest BCUT2D eigenvalue weighted by Crippen LogP contribution is 2.41. The Balaban J connectivity index is 1.07. The third-order valence-corrected chi connectivity index (χ3v) is 9.98.